The van der Waals surface area contributed by atoms with E-state index in [1.165, 1.54) is 0 Å². The third-order valence-electron chi connectivity index (χ3n) is 2.13. The first-order valence-electron chi connectivity index (χ1n) is 3.84. The molecule has 12 heavy (non-hydrogen) atoms. The highest BCUT2D eigenvalue weighted by atomic mass is 16.5. The molecule has 1 aromatic rings. The van der Waals surface area contributed by atoms with Gasteiger partial charge >= 0.3 is 5.97 Å². The van der Waals surface area contributed by atoms with E-state index in [1.54, 1.807) is 13.0 Å². The molecule has 0 saturated heterocycles. The summed E-state index contributed by atoms with van der Waals surface area (Å²) in [5.74, 6) is -0.156. The van der Waals surface area contributed by atoms with Crippen molar-refractivity contribution in [2.75, 3.05) is 0 Å². The van der Waals surface area contributed by atoms with E-state index in [0.717, 1.165) is 11.5 Å². The third kappa shape index (κ3) is 1.09. The van der Waals surface area contributed by atoms with E-state index in [-0.39, 0.29) is 11.8 Å². The van der Waals surface area contributed by atoms with Gasteiger partial charge in [0, 0.05) is 12.0 Å². The second-order valence-corrected chi connectivity index (χ2v) is 3.15. The van der Waals surface area contributed by atoms with Crippen LogP contribution in [0.1, 0.15) is 23.8 Å². The Hall–Kier alpha value is -1.32. The fourth-order valence-electron chi connectivity index (χ4n) is 1.36. The van der Waals surface area contributed by atoms with E-state index in [4.69, 9.17) is 9.63 Å². The highest BCUT2D eigenvalue weighted by Gasteiger charge is 2.45. The molecule has 0 bridgehead atoms. The van der Waals surface area contributed by atoms with Gasteiger partial charge in [0.1, 0.15) is 5.76 Å². The van der Waals surface area contributed by atoms with Crippen molar-refractivity contribution in [2.45, 2.75) is 19.3 Å². The predicted molar refractivity (Wildman–Crippen MR) is 39.7 cm³/mol. The number of rotatable bonds is 2. The van der Waals surface area contributed by atoms with Gasteiger partial charge in [-0.15, -0.1) is 0 Å². The van der Waals surface area contributed by atoms with Crippen LogP contribution in [0.2, 0.25) is 0 Å². The first-order valence-corrected chi connectivity index (χ1v) is 3.84. The highest BCUT2D eigenvalue weighted by Crippen LogP contribution is 2.46. The Kier molecular flexibility index (Phi) is 1.43. The van der Waals surface area contributed by atoms with Crippen molar-refractivity contribution in [1.29, 1.82) is 0 Å². The number of carbonyl (C=O) groups is 1. The Morgan fingerprint density at radius 2 is 2.58 bits per heavy atom. The largest absolute Gasteiger partial charge is 0.481 e. The lowest BCUT2D eigenvalue weighted by Gasteiger charge is -1.86. The van der Waals surface area contributed by atoms with Crippen LogP contribution in [0.5, 0.6) is 0 Å². The van der Waals surface area contributed by atoms with Gasteiger partial charge in [0.25, 0.3) is 0 Å². The third-order valence-corrected chi connectivity index (χ3v) is 2.13. The van der Waals surface area contributed by atoms with Crippen LogP contribution >= 0.6 is 0 Å². The molecule has 1 fully saturated rings. The maximum Gasteiger partial charge on any atom is 0.307 e. The van der Waals surface area contributed by atoms with E-state index >= 15 is 0 Å². The molecule has 2 rings (SSSR count). The summed E-state index contributed by atoms with van der Waals surface area (Å²) < 4.78 is 4.85. The number of carboxylic acids is 1. The molecule has 0 radical (unpaired) electrons. The van der Waals surface area contributed by atoms with E-state index in [9.17, 15) is 4.79 Å². The van der Waals surface area contributed by atoms with E-state index in [1.807, 2.05) is 0 Å². The quantitative estimate of drug-likeness (QED) is 0.718. The molecule has 1 N–H and O–H groups in total. The van der Waals surface area contributed by atoms with Crippen molar-refractivity contribution in [3.05, 3.63) is 17.5 Å². The second kappa shape index (κ2) is 2.33. The summed E-state index contributed by atoms with van der Waals surface area (Å²) in [6, 6.07) is 1.80. The van der Waals surface area contributed by atoms with Crippen molar-refractivity contribution in [3.8, 4) is 0 Å². The SMILES string of the molecule is Cc1cc(C2CC2C(=O)O)no1. The average Bonchev–Trinajstić information content (AvgIpc) is 2.70. The average molecular weight is 167 g/mol. The highest BCUT2D eigenvalue weighted by molar-refractivity contribution is 5.75. The van der Waals surface area contributed by atoms with E-state index in [0.29, 0.717) is 6.42 Å². The normalized spacial score (nSPS) is 27.1. The minimum Gasteiger partial charge on any atom is -0.481 e. The van der Waals surface area contributed by atoms with E-state index in [2.05, 4.69) is 5.16 Å². The summed E-state index contributed by atoms with van der Waals surface area (Å²) in [4.78, 5) is 10.5. The number of aromatic nitrogens is 1. The second-order valence-electron chi connectivity index (χ2n) is 3.15. The predicted octanol–water partition coefficient (Wildman–Crippen LogP) is 1.17. The molecule has 2 atom stereocenters. The van der Waals surface area contributed by atoms with Crippen LogP contribution in [0.25, 0.3) is 0 Å². The van der Waals surface area contributed by atoms with Gasteiger partial charge in [-0.05, 0) is 13.3 Å². The molecule has 4 nitrogen and oxygen atoms in total. The number of hydrogen-bond acceptors (Lipinski definition) is 3. The molecular formula is C8H9NO3. The van der Waals surface area contributed by atoms with Crippen molar-refractivity contribution in [2.24, 2.45) is 5.92 Å². The fourth-order valence-corrected chi connectivity index (χ4v) is 1.36. The smallest absolute Gasteiger partial charge is 0.307 e. The summed E-state index contributed by atoms with van der Waals surface area (Å²) in [6.45, 7) is 1.80. The summed E-state index contributed by atoms with van der Waals surface area (Å²) in [7, 11) is 0. The number of aliphatic carboxylic acids is 1. The lowest BCUT2D eigenvalue weighted by molar-refractivity contribution is -0.138. The van der Waals surface area contributed by atoms with Crippen LogP contribution < -0.4 is 0 Å². The standard InChI is InChI=1S/C8H9NO3/c1-4-2-7(9-12-4)5-3-6(5)8(10)11/h2,5-6H,3H2,1H3,(H,10,11). The van der Waals surface area contributed by atoms with Crippen LogP contribution in [0, 0.1) is 12.8 Å². The zero-order valence-electron chi connectivity index (χ0n) is 6.65. The topological polar surface area (TPSA) is 63.3 Å². The van der Waals surface area contributed by atoms with Crippen LogP contribution in [0.15, 0.2) is 10.6 Å². The monoisotopic (exact) mass is 167 g/mol. The molecule has 2 unspecified atom stereocenters. The number of nitrogens with zero attached hydrogens (tertiary/aromatic N) is 1. The Morgan fingerprint density at radius 1 is 1.83 bits per heavy atom. The van der Waals surface area contributed by atoms with Gasteiger partial charge in [-0.3, -0.25) is 4.79 Å². The minimum absolute atomic E-state index is 0.0833. The zero-order chi connectivity index (χ0) is 8.72. The molecule has 64 valence electrons. The van der Waals surface area contributed by atoms with E-state index < -0.39 is 5.97 Å². The Morgan fingerprint density at radius 3 is 3.00 bits per heavy atom. The Balaban J connectivity index is 2.10. The number of carboxylic acid groups (broad SMARTS) is 1. The van der Waals surface area contributed by atoms with Crippen molar-refractivity contribution in [1.82, 2.24) is 5.16 Å². The van der Waals surface area contributed by atoms with Crippen LogP contribution in [0.3, 0.4) is 0 Å². The lowest BCUT2D eigenvalue weighted by atomic mass is 10.2. The van der Waals surface area contributed by atoms with Gasteiger partial charge in [0.2, 0.25) is 0 Å². The maximum absolute atomic E-state index is 10.5. The first kappa shape index (κ1) is 7.34. The Labute approximate surface area is 69.2 Å². The van der Waals surface area contributed by atoms with Crippen LogP contribution in [0.4, 0.5) is 0 Å². The fraction of sp³-hybridized carbons (Fsp3) is 0.500. The number of aryl methyl sites for hydroxylation is 1. The summed E-state index contributed by atoms with van der Waals surface area (Å²) >= 11 is 0. The van der Waals surface area contributed by atoms with Gasteiger partial charge in [-0.2, -0.15) is 0 Å². The molecule has 1 aromatic heterocycles. The van der Waals surface area contributed by atoms with Crippen molar-refractivity contribution >= 4 is 5.97 Å². The molecule has 1 aliphatic carbocycles. The molecule has 1 saturated carbocycles. The van der Waals surface area contributed by atoms with Gasteiger partial charge in [-0.25, -0.2) is 0 Å². The molecule has 4 heteroatoms. The van der Waals surface area contributed by atoms with Gasteiger partial charge in [0.15, 0.2) is 0 Å². The summed E-state index contributed by atoms with van der Waals surface area (Å²) in [5.41, 5.74) is 0.778. The molecule has 1 heterocycles. The zero-order valence-corrected chi connectivity index (χ0v) is 6.65. The summed E-state index contributed by atoms with van der Waals surface area (Å²) in [6.07, 6.45) is 0.696. The summed E-state index contributed by atoms with van der Waals surface area (Å²) in [5, 5.41) is 12.4. The number of hydrogen-bond donors (Lipinski definition) is 1. The molecule has 0 amide bonds. The Bertz CT molecular complexity index is 318. The van der Waals surface area contributed by atoms with Crippen LogP contribution in [-0.4, -0.2) is 16.2 Å². The molecule has 1 aliphatic rings. The molecule has 0 spiro atoms. The van der Waals surface area contributed by atoms with Gasteiger partial charge in [-0.1, -0.05) is 5.16 Å². The van der Waals surface area contributed by atoms with Crippen molar-refractivity contribution in [3.63, 3.8) is 0 Å². The lowest BCUT2D eigenvalue weighted by Crippen LogP contribution is -1.98. The first-order chi connectivity index (χ1) is 5.68. The molecular weight excluding hydrogens is 158 g/mol. The van der Waals surface area contributed by atoms with Gasteiger partial charge in [0.05, 0.1) is 11.6 Å². The van der Waals surface area contributed by atoms with Gasteiger partial charge < -0.3 is 9.63 Å². The molecule has 0 aliphatic heterocycles. The van der Waals surface area contributed by atoms with Crippen molar-refractivity contribution < 1.29 is 14.4 Å². The van der Waals surface area contributed by atoms with Crippen LogP contribution in [-0.2, 0) is 4.79 Å². The maximum atomic E-state index is 10.5. The molecule has 0 aromatic carbocycles. The minimum atomic E-state index is -0.736.